The number of benzene rings is 1. The van der Waals surface area contributed by atoms with Gasteiger partial charge in [0.25, 0.3) is 0 Å². The average Bonchev–Trinajstić information content (AvgIpc) is 2.84. The van der Waals surface area contributed by atoms with Gasteiger partial charge in [-0.2, -0.15) is 0 Å². The van der Waals surface area contributed by atoms with Crippen LogP contribution < -0.4 is 5.32 Å². The van der Waals surface area contributed by atoms with Crippen molar-refractivity contribution in [3.05, 3.63) is 35.4 Å². The lowest BCUT2D eigenvalue weighted by atomic mass is 9.99. The standard InChI is InChI=1S/C16H25NO/c1-3-15(13-9-7-12(2)8-10-13)17-16-6-4-5-14(16)11-18/h7-10,14-18H,3-6,11H2,1-2H3. The monoisotopic (exact) mass is 247 g/mol. The maximum absolute atomic E-state index is 9.39. The highest BCUT2D eigenvalue weighted by Gasteiger charge is 2.28. The highest BCUT2D eigenvalue weighted by Crippen LogP contribution is 2.28. The van der Waals surface area contributed by atoms with E-state index in [1.54, 1.807) is 0 Å². The maximum atomic E-state index is 9.39. The molecule has 0 spiro atoms. The molecule has 2 nitrogen and oxygen atoms in total. The van der Waals surface area contributed by atoms with Crippen molar-refractivity contribution in [1.82, 2.24) is 5.32 Å². The molecule has 0 aromatic heterocycles. The second-order valence-electron chi connectivity index (χ2n) is 5.52. The van der Waals surface area contributed by atoms with E-state index < -0.39 is 0 Å². The Kier molecular flexibility index (Phi) is 4.79. The summed E-state index contributed by atoms with van der Waals surface area (Å²) in [6.07, 6.45) is 4.71. The lowest BCUT2D eigenvalue weighted by molar-refractivity contribution is 0.198. The first-order valence-corrected chi connectivity index (χ1v) is 7.18. The number of aliphatic hydroxyl groups is 1. The van der Waals surface area contributed by atoms with Gasteiger partial charge in [-0.3, -0.25) is 0 Å². The van der Waals surface area contributed by atoms with Gasteiger partial charge in [0.15, 0.2) is 0 Å². The van der Waals surface area contributed by atoms with Crippen LogP contribution in [-0.2, 0) is 0 Å². The molecule has 1 fully saturated rings. The molecule has 0 amide bonds. The molecular formula is C16H25NO. The zero-order valence-electron chi connectivity index (χ0n) is 11.5. The first-order chi connectivity index (χ1) is 8.74. The zero-order chi connectivity index (χ0) is 13.0. The molecule has 3 atom stereocenters. The van der Waals surface area contributed by atoms with E-state index >= 15 is 0 Å². The molecular weight excluding hydrogens is 222 g/mol. The normalized spacial score (nSPS) is 25.3. The Balaban J connectivity index is 2.02. The third-order valence-corrected chi connectivity index (χ3v) is 4.20. The van der Waals surface area contributed by atoms with Crippen LogP contribution in [0.5, 0.6) is 0 Å². The van der Waals surface area contributed by atoms with Crippen molar-refractivity contribution in [3.8, 4) is 0 Å². The van der Waals surface area contributed by atoms with E-state index in [0.29, 0.717) is 24.6 Å². The molecule has 1 aliphatic carbocycles. The van der Waals surface area contributed by atoms with E-state index in [-0.39, 0.29) is 0 Å². The minimum atomic E-state index is 0.321. The molecule has 1 aliphatic rings. The van der Waals surface area contributed by atoms with Crippen LogP contribution in [0.3, 0.4) is 0 Å². The number of rotatable bonds is 5. The smallest absolute Gasteiger partial charge is 0.0474 e. The number of hydrogen-bond acceptors (Lipinski definition) is 2. The summed E-state index contributed by atoms with van der Waals surface area (Å²) in [5.74, 6) is 0.449. The van der Waals surface area contributed by atoms with E-state index in [2.05, 4.69) is 43.4 Å². The van der Waals surface area contributed by atoms with Crippen molar-refractivity contribution in [3.63, 3.8) is 0 Å². The van der Waals surface area contributed by atoms with Crippen molar-refractivity contribution < 1.29 is 5.11 Å². The highest BCUT2D eigenvalue weighted by atomic mass is 16.3. The molecule has 18 heavy (non-hydrogen) atoms. The molecule has 1 saturated carbocycles. The van der Waals surface area contributed by atoms with Crippen molar-refractivity contribution in [2.24, 2.45) is 5.92 Å². The SMILES string of the molecule is CCC(NC1CCCC1CO)c1ccc(C)cc1. The van der Waals surface area contributed by atoms with Gasteiger partial charge in [-0.05, 0) is 37.7 Å². The topological polar surface area (TPSA) is 32.3 Å². The minimum Gasteiger partial charge on any atom is -0.396 e. The molecule has 2 rings (SSSR count). The van der Waals surface area contributed by atoms with Crippen molar-refractivity contribution in [2.45, 2.75) is 51.6 Å². The highest BCUT2D eigenvalue weighted by molar-refractivity contribution is 5.24. The Morgan fingerprint density at radius 1 is 1.28 bits per heavy atom. The summed E-state index contributed by atoms with van der Waals surface area (Å²) in [7, 11) is 0. The van der Waals surface area contributed by atoms with Crippen LogP contribution in [0.4, 0.5) is 0 Å². The predicted molar refractivity (Wildman–Crippen MR) is 75.6 cm³/mol. The van der Waals surface area contributed by atoms with Crippen molar-refractivity contribution >= 4 is 0 Å². The Labute approximate surface area is 110 Å². The number of hydrogen-bond donors (Lipinski definition) is 2. The van der Waals surface area contributed by atoms with Crippen LogP contribution in [0.1, 0.15) is 49.8 Å². The van der Waals surface area contributed by atoms with Gasteiger partial charge in [0.1, 0.15) is 0 Å². The third-order valence-electron chi connectivity index (χ3n) is 4.20. The van der Waals surface area contributed by atoms with E-state index in [4.69, 9.17) is 0 Å². The van der Waals surface area contributed by atoms with E-state index in [9.17, 15) is 5.11 Å². The molecule has 100 valence electrons. The molecule has 3 unspecified atom stereocenters. The van der Waals surface area contributed by atoms with E-state index in [0.717, 1.165) is 6.42 Å². The summed E-state index contributed by atoms with van der Waals surface area (Å²) in [4.78, 5) is 0. The fourth-order valence-electron chi connectivity index (χ4n) is 2.98. The Bertz CT molecular complexity index is 360. The van der Waals surface area contributed by atoms with Gasteiger partial charge in [0, 0.05) is 18.7 Å². The van der Waals surface area contributed by atoms with Crippen LogP contribution in [0.2, 0.25) is 0 Å². The summed E-state index contributed by atoms with van der Waals surface area (Å²) in [6, 6.07) is 9.71. The first kappa shape index (κ1) is 13.6. The van der Waals surface area contributed by atoms with E-state index in [1.807, 2.05) is 0 Å². The molecule has 1 aromatic carbocycles. The summed E-state index contributed by atoms with van der Waals surface area (Å²) >= 11 is 0. The molecule has 0 bridgehead atoms. The van der Waals surface area contributed by atoms with Gasteiger partial charge in [-0.1, -0.05) is 43.2 Å². The van der Waals surface area contributed by atoms with Gasteiger partial charge < -0.3 is 10.4 Å². The van der Waals surface area contributed by atoms with Gasteiger partial charge in [-0.15, -0.1) is 0 Å². The van der Waals surface area contributed by atoms with Gasteiger partial charge in [0.05, 0.1) is 0 Å². The third kappa shape index (κ3) is 3.12. The lowest BCUT2D eigenvalue weighted by Crippen LogP contribution is -2.36. The van der Waals surface area contributed by atoms with Crippen LogP contribution in [0.15, 0.2) is 24.3 Å². The second-order valence-corrected chi connectivity index (χ2v) is 5.52. The van der Waals surface area contributed by atoms with E-state index in [1.165, 1.54) is 30.4 Å². The second kappa shape index (κ2) is 6.35. The molecule has 1 aromatic rings. The minimum absolute atomic E-state index is 0.321. The largest absolute Gasteiger partial charge is 0.396 e. The number of aliphatic hydroxyl groups excluding tert-OH is 1. The molecule has 0 heterocycles. The Morgan fingerprint density at radius 2 is 2.00 bits per heavy atom. The average molecular weight is 247 g/mol. The van der Waals surface area contributed by atoms with Gasteiger partial charge >= 0.3 is 0 Å². The summed E-state index contributed by atoms with van der Waals surface area (Å²) in [5.41, 5.74) is 2.68. The quantitative estimate of drug-likeness (QED) is 0.837. The summed E-state index contributed by atoms with van der Waals surface area (Å²) in [5, 5.41) is 13.1. The molecule has 0 aliphatic heterocycles. The first-order valence-electron chi connectivity index (χ1n) is 7.18. The Morgan fingerprint density at radius 3 is 2.61 bits per heavy atom. The Hall–Kier alpha value is -0.860. The zero-order valence-corrected chi connectivity index (χ0v) is 11.5. The number of nitrogens with one attached hydrogen (secondary N) is 1. The van der Waals surface area contributed by atoms with Gasteiger partial charge in [-0.25, -0.2) is 0 Å². The predicted octanol–water partition coefficient (Wildman–Crippen LogP) is 3.20. The van der Waals surface area contributed by atoms with Crippen LogP contribution in [0, 0.1) is 12.8 Å². The lowest BCUT2D eigenvalue weighted by Gasteiger charge is -2.26. The molecule has 0 radical (unpaired) electrons. The maximum Gasteiger partial charge on any atom is 0.0474 e. The summed E-state index contributed by atoms with van der Waals surface area (Å²) < 4.78 is 0. The molecule has 0 saturated heterocycles. The van der Waals surface area contributed by atoms with Crippen molar-refractivity contribution in [1.29, 1.82) is 0 Å². The fourth-order valence-corrected chi connectivity index (χ4v) is 2.98. The van der Waals surface area contributed by atoms with Crippen LogP contribution in [0.25, 0.3) is 0 Å². The van der Waals surface area contributed by atoms with Crippen LogP contribution >= 0.6 is 0 Å². The van der Waals surface area contributed by atoms with Crippen molar-refractivity contribution in [2.75, 3.05) is 6.61 Å². The number of aryl methyl sites for hydroxylation is 1. The van der Waals surface area contributed by atoms with Crippen LogP contribution in [-0.4, -0.2) is 17.8 Å². The molecule has 2 heteroatoms. The summed E-state index contributed by atoms with van der Waals surface area (Å²) in [6.45, 7) is 4.67. The van der Waals surface area contributed by atoms with Gasteiger partial charge in [0.2, 0.25) is 0 Å². The fraction of sp³-hybridized carbons (Fsp3) is 0.625. The molecule has 2 N–H and O–H groups in total.